The van der Waals surface area contributed by atoms with Crippen LogP contribution in [0.3, 0.4) is 0 Å². The first-order chi connectivity index (χ1) is 15.8. The standard InChI is InChI=1S/C25H20ClNO4S2/c26-20-9-7-18(8-10-20)24(17-5-3-16(4-6-17)15-1-2-15)27-33(30,31)21-11-12-22-19(13-21)14-23(32-22)25(28)29/h3-15,24,27H,1-2H2,(H,28,29). The Kier molecular flexibility index (Phi) is 5.74. The van der Waals surface area contributed by atoms with Crippen LogP contribution in [0.4, 0.5) is 0 Å². The molecule has 0 amide bonds. The molecule has 1 saturated carbocycles. The summed E-state index contributed by atoms with van der Waals surface area (Å²) in [4.78, 5) is 11.5. The number of benzene rings is 3. The average molecular weight is 498 g/mol. The summed E-state index contributed by atoms with van der Waals surface area (Å²) < 4.78 is 30.3. The number of hydrogen-bond acceptors (Lipinski definition) is 4. The number of sulfonamides is 1. The van der Waals surface area contributed by atoms with Gasteiger partial charge in [-0.05, 0) is 77.2 Å². The van der Waals surface area contributed by atoms with E-state index >= 15 is 0 Å². The number of rotatable bonds is 7. The normalized spacial score (nSPS) is 14.9. The van der Waals surface area contributed by atoms with Crippen LogP contribution in [0.25, 0.3) is 10.1 Å². The molecule has 8 heteroatoms. The van der Waals surface area contributed by atoms with Gasteiger partial charge < -0.3 is 5.11 Å². The third kappa shape index (κ3) is 4.68. The van der Waals surface area contributed by atoms with Gasteiger partial charge in [0.15, 0.2) is 0 Å². The highest BCUT2D eigenvalue weighted by molar-refractivity contribution is 7.89. The fourth-order valence-corrected chi connectivity index (χ4v) is 6.13. The van der Waals surface area contributed by atoms with E-state index in [2.05, 4.69) is 16.9 Å². The number of fused-ring (bicyclic) bond motifs is 1. The van der Waals surface area contributed by atoms with Crippen LogP contribution < -0.4 is 4.72 Å². The van der Waals surface area contributed by atoms with Crippen molar-refractivity contribution >= 4 is 49.0 Å². The lowest BCUT2D eigenvalue weighted by atomic mass is 9.98. The van der Waals surface area contributed by atoms with Gasteiger partial charge in [-0.1, -0.05) is 48.0 Å². The molecule has 33 heavy (non-hydrogen) atoms. The molecule has 1 fully saturated rings. The van der Waals surface area contributed by atoms with Gasteiger partial charge in [-0.15, -0.1) is 11.3 Å². The van der Waals surface area contributed by atoms with E-state index in [4.69, 9.17) is 11.6 Å². The van der Waals surface area contributed by atoms with E-state index in [-0.39, 0.29) is 9.77 Å². The van der Waals surface area contributed by atoms with Gasteiger partial charge in [-0.3, -0.25) is 0 Å². The molecule has 5 rings (SSSR count). The molecule has 0 aliphatic heterocycles. The minimum Gasteiger partial charge on any atom is -0.477 e. The van der Waals surface area contributed by atoms with E-state index in [1.165, 1.54) is 36.6 Å². The van der Waals surface area contributed by atoms with Gasteiger partial charge in [0.2, 0.25) is 10.0 Å². The zero-order valence-electron chi connectivity index (χ0n) is 17.4. The summed E-state index contributed by atoms with van der Waals surface area (Å²) >= 11 is 7.17. The molecule has 1 aliphatic carbocycles. The highest BCUT2D eigenvalue weighted by Gasteiger charge is 2.26. The van der Waals surface area contributed by atoms with E-state index in [1.807, 2.05) is 24.3 Å². The Morgan fingerprint density at radius 3 is 2.21 bits per heavy atom. The van der Waals surface area contributed by atoms with Crippen LogP contribution in [0.1, 0.15) is 51.2 Å². The maximum absolute atomic E-state index is 13.4. The minimum absolute atomic E-state index is 0.0818. The Morgan fingerprint density at radius 2 is 1.61 bits per heavy atom. The van der Waals surface area contributed by atoms with Crippen LogP contribution >= 0.6 is 22.9 Å². The molecule has 0 saturated heterocycles. The molecular formula is C25H20ClNO4S2. The fourth-order valence-electron chi connectivity index (χ4n) is 3.88. The van der Waals surface area contributed by atoms with Crippen molar-refractivity contribution in [3.8, 4) is 0 Å². The summed E-state index contributed by atoms with van der Waals surface area (Å²) in [7, 11) is -3.91. The van der Waals surface area contributed by atoms with Crippen molar-refractivity contribution < 1.29 is 18.3 Å². The second-order valence-corrected chi connectivity index (χ2v) is 11.4. The molecule has 0 bridgehead atoms. The maximum atomic E-state index is 13.4. The van der Waals surface area contributed by atoms with Gasteiger partial charge in [0.1, 0.15) is 4.88 Å². The Bertz CT molecular complexity index is 1440. The molecular weight excluding hydrogens is 478 g/mol. The number of halogens is 1. The van der Waals surface area contributed by atoms with Crippen LogP contribution in [0.5, 0.6) is 0 Å². The molecule has 1 atom stereocenters. The van der Waals surface area contributed by atoms with Gasteiger partial charge in [-0.2, -0.15) is 4.72 Å². The van der Waals surface area contributed by atoms with Crippen LogP contribution in [0.2, 0.25) is 5.02 Å². The summed E-state index contributed by atoms with van der Waals surface area (Å²) in [6.45, 7) is 0. The van der Waals surface area contributed by atoms with Crippen LogP contribution in [-0.2, 0) is 10.0 Å². The largest absolute Gasteiger partial charge is 0.477 e. The molecule has 1 aliphatic rings. The highest BCUT2D eigenvalue weighted by atomic mass is 35.5. The van der Waals surface area contributed by atoms with Gasteiger partial charge in [0.05, 0.1) is 10.9 Å². The second-order valence-electron chi connectivity index (χ2n) is 8.16. The Balaban J connectivity index is 1.51. The van der Waals surface area contributed by atoms with Crippen molar-refractivity contribution in [1.82, 2.24) is 4.72 Å². The number of nitrogens with one attached hydrogen (secondary N) is 1. The maximum Gasteiger partial charge on any atom is 0.345 e. The second kappa shape index (κ2) is 8.57. The Hall–Kier alpha value is -2.71. The lowest BCUT2D eigenvalue weighted by Crippen LogP contribution is -2.29. The zero-order valence-corrected chi connectivity index (χ0v) is 19.8. The molecule has 3 aromatic carbocycles. The predicted molar refractivity (Wildman–Crippen MR) is 131 cm³/mol. The van der Waals surface area contributed by atoms with Gasteiger partial charge >= 0.3 is 5.97 Å². The van der Waals surface area contributed by atoms with Crippen molar-refractivity contribution in [1.29, 1.82) is 0 Å². The monoisotopic (exact) mass is 497 g/mol. The van der Waals surface area contributed by atoms with Gasteiger partial charge in [0, 0.05) is 9.72 Å². The highest BCUT2D eigenvalue weighted by Crippen LogP contribution is 2.40. The lowest BCUT2D eigenvalue weighted by Gasteiger charge is -2.20. The summed E-state index contributed by atoms with van der Waals surface area (Å²) in [6, 6.07) is 20.7. The summed E-state index contributed by atoms with van der Waals surface area (Å²) in [6.07, 6.45) is 2.39. The minimum atomic E-state index is -3.91. The van der Waals surface area contributed by atoms with Gasteiger partial charge in [-0.25, -0.2) is 13.2 Å². The molecule has 1 heterocycles. The molecule has 4 aromatic rings. The zero-order chi connectivity index (χ0) is 23.2. The van der Waals surface area contributed by atoms with E-state index in [1.54, 1.807) is 18.2 Å². The molecule has 1 unspecified atom stereocenters. The van der Waals surface area contributed by atoms with Crippen molar-refractivity contribution in [3.05, 3.63) is 99.4 Å². The van der Waals surface area contributed by atoms with E-state index in [0.29, 0.717) is 16.3 Å². The molecule has 0 radical (unpaired) electrons. The summed E-state index contributed by atoms with van der Waals surface area (Å²) in [5.41, 5.74) is 2.87. The molecule has 1 aromatic heterocycles. The van der Waals surface area contributed by atoms with Crippen molar-refractivity contribution in [2.75, 3.05) is 0 Å². The summed E-state index contributed by atoms with van der Waals surface area (Å²) in [5, 5.41) is 10.4. The molecule has 2 N–H and O–H groups in total. The number of carbonyl (C=O) groups is 1. The molecule has 5 nitrogen and oxygen atoms in total. The smallest absolute Gasteiger partial charge is 0.345 e. The quantitative estimate of drug-likeness (QED) is 0.318. The Morgan fingerprint density at radius 1 is 0.970 bits per heavy atom. The number of hydrogen-bond donors (Lipinski definition) is 2. The summed E-state index contributed by atoms with van der Waals surface area (Å²) in [5.74, 6) is -0.422. The van der Waals surface area contributed by atoms with Crippen molar-refractivity contribution in [2.45, 2.75) is 29.7 Å². The van der Waals surface area contributed by atoms with Crippen LogP contribution in [-0.4, -0.2) is 19.5 Å². The van der Waals surface area contributed by atoms with Crippen LogP contribution in [0, 0.1) is 0 Å². The topological polar surface area (TPSA) is 83.5 Å². The lowest BCUT2D eigenvalue weighted by molar-refractivity contribution is 0.0702. The molecule has 0 spiro atoms. The SMILES string of the molecule is O=C(O)c1cc2cc(S(=O)(=O)NC(c3ccc(Cl)cc3)c3ccc(C4CC4)cc3)ccc2s1. The van der Waals surface area contributed by atoms with E-state index in [9.17, 15) is 18.3 Å². The predicted octanol–water partition coefficient (Wildman–Crippen LogP) is 6.20. The third-order valence-electron chi connectivity index (χ3n) is 5.80. The molecule has 168 valence electrons. The number of thiophene rings is 1. The van der Waals surface area contributed by atoms with E-state index in [0.717, 1.165) is 27.2 Å². The first kappa shape index (κ1) is 22.1. The van der Waals surface area contributed by atoms with Crippen molar-refractivity contribution in [2.24, 2.45) is 0 Å². The average Bonchev–Trinajstić information content (AvgIpc) is 3.56. The first-order valence-electron chi connectivity index (χ1n) is 10.4. The van der Waals surface area contributed by atoms with Gasteiger partial charge in [0.25, 0.3) is 0 Å². The Labute approximate surface area is 200 Å². The van der Waals surface area contributed by atoms with E-state index < -0.39 is 22.0 Å². The van der Waals surface area contributed by atoms with Crippen LogP contribution in [0.15, 0.2) is 77.7 Å². The number of carboxylic acids is 1. The fraction of sp³-hybridized carbons (Fsp3) is 0.160. The third-order valence-corrected chi connectivity index (χ3v) is 8.58. The number of carboxylic acid groups (broad SMARTS) is 1. The number of aromatic carboxylic acids is 1. The van der Waals surface area contributed by atoms with Crippen molar-refractivity contribution in [3.63, 3.8) is 0 Å². The first-order valence-corrected chi connectivity index (χ1v) is 13.1.